The van der Waals surface area contributed by atoms with Gasteiger partial charge in [-0.05, 0) is 0 Å². The zero-order valence-electron chi connectivity index (χ0n) is 8.88. The van der Waals surface area contributed by atoms with E-state index in [1.165, 1.54) is 0 Å². The summed E-state index contributed by atoms with van der Waals surface area (Å²) in [5, 5.41) is 35.5. The highest BCUT2D eigenvalue weighted by molar-refractivity contribution is 5.56. The molecular weight excluding hydrogens is 171 g/mol. The maximum Gasteiger partial charge on any atom is 0.183 e. The predicted molar refractivity (Wildman–Crippen MR) is 36.1 cm³/mol. The molecule has 6 heteroatoms. The second-order valence-electron chi connectivity index (χ2n) is 2.01. The minimum Gasteiger partial charge on any atom is -0.394 e. The summed E-state index contributed by atoms with van der Waals surface area (Å²) in [6.45, 7) is -3.59. The summed E-state index contributed by atoms with van der Waals surface area (Å²) in [7, 11) is 0. The second kappa shape index (κ2) is 5.15. The summed E-state index contributed by atoms with van der Waals surface area (Å²) >= 11 is 0. The summed E-state index contributed by atoms with van der Waals surface area (Å²) in [6.07, 6.45) is -11.7. The Kier molecular flexibility index (Phi) is 2.96. The van der Waals surface area contributed by atoms with Gasteiger partial charge in [-0.15, -0.1) is 0 Å². The van der Waals surface area contributed by atoms with Gasteiger partial charge in [-0.3, -0.25) is 0 Å². The number of rotatable bonds is 5. The number of alkyl halides is 1. The Morgan fingerprint density at radius 1 is 1.50 bits per heavy atom. The predicted octanol–water partition coefficient (Wildman–Crippen LogP) is -2.40. The summed E-state index contributed by atoms with van der Waals surface area (Å²) in [4.78, 5) is 9.88. The number of aliphatic hydroxyl groups is 4. The SMILES string of the molecule is [3H]C([3H])(O)[C@@]([3H])(O)[C@@H](O)[C@H](O)[C@@H](F)C=O. The smallest absolute Gasteiger partial charge is 0.183 e. The Hall–Kier alpha value is -0.560. The maximum absolute atomic E-state index is 12.5. The fourth-order valence-electron chi connectivity index (χ4n) is 0.483. The van der Waals surface area contributed by atoms with Crippen LogP contribution in [0.25, 0.3) is 0 Å². The molecule has 0 unspecified atom stereocenters. The van der Waals surface area contributed by atoms with Crippen LogP contribution in [0.1, 0.15) is 4.11 Å². The third-order valence-electron chi connectivity index (χ3n) is 1.17. The Labute approximate surface area is 72.3 Å². The number of carbonyl (C=O) groups is 1. The number of hydrogen-bond donors (Lipinski definition) is 4. The molecule has 0 saturated heterocycles. The van der Waals surface area contributed by atoms with Gasteiger partial charge in [0, 0.05) is 0 Å². The molecule has 0 aliphatic carbocycles. The van der Waals surface area contributed by atoms with Crippen LogP contribution in [0.4, 0.5) is 4.39 Å². The average molecular weight is 188 g/mol. The molecule has 0 heterocycles. The first-order chi connectivity index (χ1) is 6.55. The molecule has 72 valence electrons. The van der Waals surface area contributed by atoms with Crippen molar-refractivity contribution in [1.29, 1.82) is 0 Å². The van der Waals surface area contributed by atoms with Gasteiger partial charge in [0.15, 0.2) is 12.5 Å². The average Bonchev–Trinajstić information content (AvgIpc) is 2.12. The van der Waals surface area contributed by atoms with E-state index in [0.717, 1.165) is 0 Å². The highest BCUT2D eigenvalue weighted by Crippen LogP contribution is 2.05. The molecule has 0 spiro atoms. The molecule has 0 aromatic rings. The number of carbonyl (C=O) groups excluding carboxylic acids is 1. The lowest BCUT2D eigenvalue weighted by Gasteiger charge is -2.21. The molecule has 5 nitrogen and oxygen atoms in total. The minimum atomic E-state index is -3.59. The third-order valence-corrected chi connectivity index (χ3v) is 1.17. The van der Waals surface area contributed by atoms with Gasteiger partial charge >= 0.3 is 0 Å². The van der Waals surface area contributed by atoms with E-state index in [9.17, 15) is 9.18 Å². The normalized spacial score (nSPS) is 28.6. The Bertz CT molecular complexity index is 231. The first-order valence-corrected chi connectivity index (χ1v) is 2.96. The lowest BCUT2D eigenvalue weighted by atomic mass is 10.1. The molecule has 0 aromatic carbocycles. The Morgan fingerprint density at radius 3 is 2.33 bits per heavy atom. The standard InChI is InChI=1S/C6H11FO5/c7-3(1-8)5(11)6(12)4(10)2-9/h1,3-6,9-12H,2H2/t3-,4+,5+,6+/m0/s1/i2T2,4T. The zero-order chi connectivity index (χ0) is 12.4. The molecule has 0 bridgehead atoms. The lowest BCUT2D eigenvalue weighted by Crippen LogP contribution is -2.44. The van der Waals surface area contributed by atoms with Crippen molar-refractivity contribution in [2.45, 2.75) is 24.5 Å². The van der Waals surface area contributed by atoms with Crippen LogP contribution in [0.15, 0.2) is 0 Å². The number of hydrogen-bond acceptors (Lipinski definition) is 5. The van der Waals surface area contributed by atoms with Crippen molar-refractivity contribution in [3.63, 3.8) is 0 Å². The van der Waals surface area contributed by atoms with E-state index in [0.29, 0.717) is 0 Å². The van der Waals surface area contributed by atoms with Gasteiger partial charge in [0.2, 0.25) is 0 Å². The van der Waals surface area contributed by atoms with Gasteiger partial charge in [-0.25, -0.2) is 4.39 Å². The number of aliphatic hydroxyl groups excluding tert-OH is 2. The monoisotopic (exact) mass is 188 g/mol. The van der Waals surface area contributed by atoms with Crippen molar-refractivity contribution in [2.24, 2.45) is 0 Å². The fourth-order valence-corrected chi connectivity index (χ4v) is 0.483. The van der Waals surface area contributed by atoms with Crippen LogP contribution in [0.5, 0.6) is 0 Å². The van der Waals surface area contributed by atoms with Crippen LogP contribution in [-0.2, 0) is 4.79 Å². The van der Waals surface area contributed by atoms with Gasteiger partial charge < -0.3 is 25.2 Å². The van der Waals surface area contributed by atoms with Crippen molar-refractivity contribution in [3.05, 3.63) is 0 Å². The van der Waals surface area contributed by atoms with Crippen molar-refractivity contribution in [3.8, 4) is 0 Å². The summed E-state index contributed by atoms with van der Waals surface area (Å²) in [6, 6.07) is 0. The highest BCUT2D eigenvalue weighted by Gasteiger charge is 2.30. The van der Waals surface area contributed by atoms with Gasteiger partial charge in [0.25, 0.3) is 0 Å². The van der Waals surface area contributed by atoms with E-state index >= 15 is 0 Å². The van der Waals surface area contributed by atoms with Crippen LogP contribution in [-0.4, -0.2) is 57.7 Å². The van der Waals surface area contributed by atoms with E-state index in [2.05, 4.69) is 0 Å². The molecule has 4 atom stereocenters. The molecule has 0 saturated carbocycles. The third kappa shape index (κ3) is 2.82. The van der Waals surface area contributed by atoms with Crippen molar-refractivity contribution in [2.75, 3.05) is 6.56 Å². The van der Waals surface area contributed by atoms with E-state index in [4.69, 9.17) is 24.5 Å². The quantitative estimate of drug-likeness (QED) is 0.360. The van der Waals surface area contributed by atoms with Gasteiger partial charge in [0.1, 0.15) is 18.3 Å². The molecule has 0 aromatic heterocycles. The molecule has 4 N–H and O–H groups in total. The lowest BCUT2D eigenvalue weighted by molar-refractivity contribution is -0.127. The molecule has 0 fully saturated rings. The Balaban J connectivity index is 4.84. The van der Waals surface area contributed by atoms with Crippen molar-refractivity contribution >= 4 is 6.29 Å². The molecular formula is C6H11FO5. The molecule has 0 rings (SSSR count). The van der Waals surface area contributed by atoms with Gasteiger partial charge in [-0.2, -0.15) is 0 Å². The highest BCUT2D eigenvalue weighted by atomic mass is 19.1. The van der Waals surface area contributed by atoms with Crippen LogP contribution in [0.3, 0.4) is 0 Å². The molecule has 0 aliphatic rings. The summed E-state index contributed by atoms with van der Waals surface area (Å²) in [5.74, 6) is 0. The van der Waals surface area contributed by atoms with E-state index in [-0.39, 0.29) is 0 Å². The summed E-state index contributed by atoms with van der Waals surface area (Å²) < 4.78 is 32.5. The largest absolute Gasteiger partial charge is 0.394 e. The van der Waals surface area contributed by atoms with Crippen molar-refractivity contribution in [1.82, 2.24) is 0 Å². The molecule has 0 radical (unpaired) electrons. The topological polar surface area (TPSA) is 98.0 Å². The van der Waals surface area contributed by atoms with E-state index in [1.807, 2.05) is 0 Å². The van der Waals surface area contributed by atoms with E-state index in [1.54, 1.807) is 0 Å². The maximum atomic E-state index is 12.5. The van der Waals surface area contributed by atoms with Crippen LogP contribution >= 0.6 is 0 Å². The van der Waals surface area contributed by atoms with Crippen LogP contribution in [0.2, 0.25) is 0 Å². The minimum absolute atomic E-state index is 0.392. The van der Waals surface area contributed by atoms with Gasteiger partial charge in [-0.1, -0.05) is 0 Å². The first-order valence-electron chi connectivity index (χ1n) is 4.46. The summed E-state index contributed by atoms with van der Waals surface area (Å²) in [5.41, 5.74) is 0. The number of halogens is 1. The fraction of sp³-hybridized carbons (Fsp3) is 0.833. The first kappa shape index (κ1) is 6.90. The number of aldehydes is 1. The van der Waals surface area contributed by atoms with E-state index < -0.39 is 37.3 Å². The van der Waals surface area contributed by atoms with Gasteiger partial charge in [0.05, 0.1) is 10.7 Å². The second-order valence-corrected chi connectivity index (χ2v) is 2.01. The van der Waals surface area contributed by atoms with Crippen molar-refractivity contribution < 1.29 is 33.7 Å². The molecule has 12 heavy (non-hydrogen) atoms. The van der Waals surface area contributed by atoms with Crippen LogP contribution < -0.4 is 0 Å². The van der Waals surface area contributed by atoms with Crippen LogP contribution in [0, 0.1) is 0 Å². The Morgan fingerprint density at radius 2 is 2.00 bits per heavy atom. The molecule has 0 amide bonds. The molecule has 0 aliphatic heterocycles. The zero-order valence-corrected chi connectivity index (χ0v) is 5.88.